The molecule has 0 spiro atoms. The smallest absolute Gasteiger partial charge is 0.179 e. The fraction of sp³-hybridized carbons (Fsp3) is 0.750. The lowest BCUT2D eigenvalue weighted by Crippen LogP contribution is -2.85. The summed E-state index contributed by atoms with van der Waals surface area (Å²) in [5.74, 6) is 0. The monoisotopic (exact) mass is 119 g/mol. The van der Waals surface area contributed by atoms with Crippen LogP contribution in [0.4, 0.5) is 0 Å². The van der Waals surface area contributed by atoms with Gasteiger partial charge < -0.3 is 15.5 Å². The first-order valence-electron chi connectivity index (χ1n) is 2.42. The molecule has 0 heterocycles. The van der Waals surface area contributed by atoms with E-state index >= 15 is 0 Å². The number of rotatable bonds is 4. The maximum atomic E-state index is 8.60. The molecule has 0 saturated heterocycles. The molecule has 1 atom stereocenters. The highest BCUT2D eigenvalue weighted by Crippen LogP contribution is 1.68. The molecular formula is C4H11N2O2+. The van der Waals surface area contributed by atoms with Crippen molar-refractivity contribution in [3.63, 3.8) is 0 Å². The molecule has 0 rings (SSSR count). The normalized spacial score (nSPS) is 13.2. The van der Waals surface area contributed by atoms with Gasteiger partial charge in [0.25, 0.3) is 0 Å². The maximum absolute atomic E-state index is 8.60. The Hall–Kier alpha value is -0.450. The zero-order valence-corrected chi connectivity index (χ0v) is 4.54. The predicted octanol–water partition coefficient (Wildman–Crippen LogP) is -2.49. The molecule has 0 aliphatic rings. The zero-order chi connectivity index (χ0) is 6.41. The van der Waals surface area contributed by atoms with Crippen molar-refractivity contribution in [2.24, 2.45) is 0 Å². The summed E-state index contributed by atoms with van der Waals surface area (Å²) in [6, 6.07) is 0. The van der Waals surface area contributed by atoms with Gasteiger partial charge in [0.1, 0.15) is 12.6 Å². The van der Waals surface area contributed by atoms with Crippen LogP contribution in [0.5, 0.6) is 0 Å². The maximum Gasteiger partial charge on any atom is 0.179 e. The zero-order valence-electron chi connectivity index (χ0n) is 4.54. The standard InChI is InChI=1S/C4H10N2O2/c5-3-6-1-4(8)2-7/h3-4,7-8H,1-2H2,(H2,5,6)/p+1. The Bertz CT molecular complexity index is 67.1. The van der Waals surface area contributed by atoms with Gasteiger partial charge in [0.05, 0.1) is 6.61 Å². The van der Waals surface area contributed by atoms with Crippen molar-refractivity contribution in [1.82, 2.24) is 0 Å². The van der Waals surface area contributed by atoms with Crippen molar-refractivity contribution in [2.75, 3.05) is 13.2 Å². The van der Waals surface area contributed by atoms with Gasteiger partial charge in [-0.2, -0.15) is 0 Å². The Kier molecular flexibility index (Phi) is 4.44. The summed E-state index contributed by atoms with van der Waals surface area (Å²) in [6.07, 6.45) is 0.399. The minimum atomic E-state index is -0.698. The SMILES string of the molecule is N=C[NH2+]CC(O)CO. The number of nitrogens with one attached hydrogen (secondary N) is 1. The third kappa shape index (κ3) is 3.73. The largest absolute Gasteiger partial charge is 0.393 e. The van der Waals surface area contributed by atoms with Crippen molar-refractivity contribution in [3.8, 4) is 0 Å². The Morgan fingerprint density at radius 2 is 2.38 bits per heavy atom. The third-order valence-electron chi connectivity index (χ3n) is 0.737. The van der Waals surface area contributed by atoms with E-state index in [2.05, 4.69) is 0 Å². The molecule has 0 radical (unpaired) electrons. The van der Waals surface area contributed by atoms with Crippen LogP contribution >= 0.6 is 0 Å². The summed E-state index contributed by atoms with van der Waals surface area (Å²) < 4.78 is 0. The van der Waals surface area contributed by atoms with E-state index in [-0.39, 0.29) is 6.61 Å². The highest BCUT2D eigenvalue weighted by molar-refractivity contribution is 5.35. The molecule has 4 heteroatoms. The van der Waals surface area contributed by atoms with Crippen LogP contribution in [0, 0.1) is 5.41 Å². The summed E-state index contributed by atoms with van der Waals surface area (Å²) >= 11 is 0. The Morgan fingerprint density at radius 3 is 2.75 bits per heavy atom. The molecular weight excluding hydrogens is 108 g/mol. The number of hydrogen-bond donors (Lipinski definition) is 4. The summed E-state index contributed by atoms with van der Waals surface area (Å²) in [4.78, 5) is 0. The van der Waals surface area contributed by atoms with Crippen molar-refractivity contribution in [2.45, 2.75) is 6.10 Å². The van der Waals surface area contributed by atoms with E-state index in [1.807, 2.05) is 0 Å². The topological polar surface area (TPSA) is 80.9 Å². The van der Waals surface area contributed by atoms with E-state index in [1.54, 1.807) is 0 Å². The molecule has 0 aromatic heterocycles. The quantitative estimate of drug-likeness (QED) is 0.244. The second kappa shape index (κ2) is 4.70. The van der Waals surface area contributed by atoms with E-state index in [0.717, 1.165) is 6.34 Å². The lowest BCUT2D eigenvalue weighted by molar-refractivity contribution is -0.541. The summed E-state index contributed by atoms with van der Waals surface area (Å²) in [7, 11) is 0. The Labute approximate surface area is 47.7 Å². The second-order valence-electron chi connectivity index (χ2n) is 1.47. The van der Waals surface area contributed by atoms with Gasteiger partial charge in [0.15, 0.2) is 6.34 Å². The molecule has 0 amide bonds. The minimum absolute atomic E-state index is 0.232. The molecule has 1 unspecified atom stereocenters. The van der Waals surface area contributed by atoms with Crippen LogP contribution in [0.1, 0.15) is 0 Å². The van der Waals surface area contributed by atoms with E-state index in [4.69, 9.17) is 15.6 Å². The lowest BCUT2D eigenvalue weighted by atomic mass is 10.4. The predicted molar refractivity (Wildman–Crippen MR) is 28.7 cm³/mol. The minimum Gasteiger partial charge on any atom is -0.393 e. The van der Waals surface area contributed by atoms with Gasteiger partial charge in [0, 0.05) is 0 Å². The van der Waals surface area contributed by atoms with E-state index in [0.29, 0.717) is 6.54 Å². The number of aliphatic hydroxyl groups excluding tert-OH is 2. The van der Waals surface area contributed by atoms with E-state index in [1.165, 1.54) is 5.32 Å². The van der Waals surface area contributed by atoms with Crippen LogP contribution in [0.2, 0.25) is 0 Å². The van der Waals surface area contributed by atoms with Crippen LogP contribution in [0.25, 0.3) is 0 Å². The van der Waals surface area contributed by atoms with Crippen molar-refractivity contribution in [3.05, 3.63) is 0 Å². The van der Waals surface area contributed by atoms with Crippen LogP contribution in [-0.4, -0.2) is 35.8 Å². The Balaban J connectivity index is 2.97. The van der Waals surface area contributed by atoms with Crippen LogP contribution in [-0.2, 0) is 0 Å². The number of aliphatic hydroxyl groups is 2. The van der Waals surface area contributed by atoms with Crippen molar-refractivity contribution in [1.29, 1.82) is 5.41 Å². The molecule has 0 saturated carbocycles. The van der Waals surface area contributed by atoms with Gasteiger partial charge in [-0.05, 0) is 0 Å². The molecule has 0 aromatic carbocycles. The molecule has 0 bridgehead atoms. The van der Waals surface area contributed by atoms with Gasteiger partial charge in [-0.15, -0.1) is 0 Å². The van der Waals surface area contributed by atoms with Gasteiger partial charge in [-0.25, -0.2) is 0 Å². The second-order valence-corrected chi connectivity index (χ2v) is 1.47. The van der Waals surface area contributed by atoms with Crippen molar-refractivity contribution >= 4 is 6.34 Å². The van der Waals surface area contributed by atoms with E-state index < -0.39 is 6.10 Å². The molecule has 48 valence electrons. The molecule has 4 nitrogen and oxygen atoms in total. The van der Waals surface area contributed by atoms with E-state index in [9.17, 15) is 0 Å². The Morgan fingerprint density at radius 1 is 1.75 bits per heavy atom. The average molecular weight is 119 g/mol. The van der Waals surface area contributed by atoms with Crippen LogP contribution in [0.15, 0.2) is 0 Å². The molecule has 0 aromatic rings. The van der Waals surface area contributed by atoms with Crippen LogP contribution < -0.4 is 5.32 Å². The fourth-order valence-corrected chi connectivity index (χ4v) is 0.300. The molecule has 8 heavy (non-hydrogen) atoms. The first kappa shape index (κ1) is 7.55. The van der Waals surface area contributed by atoms with Gasteiger partial charge in [0.2, 0.25) is 0 Å². The molecule has 0 fully saturated rings. The fourth-order valence-electron chi connectivity index (χ4n) is 0.300. The number of hydrogen-bond acceptors (Lipinski definition) is 3. The summed E-state index contributed by atoms with van der Waals surface area (Å²) in [6.45, 7) is 0.129. The molecule has 0 aliphatic carbocycles. The first-order chi connectivity index (χ1) is 3.81. The van der Waals surface area contributed by atoms with Gasteiger partial charge >= 0.3 is 0 Å². The summed E-state index contributed by atoms with van der Waals surface area (Å²) in [5, 5.41) is 24.8. The van der Waals surface area contributed by atoms with Gasteiger partial charge in [-0.3, -0.25) is 5.41 Å². The first-order valence-corrected chi connectivity index (χ1v) is 2.42. The third-order valence-corrected chi connectivity index (χ3v) is 0.737. The number of nitrogens with two attached hydrogens (primary N) is 1. The molecule has 5 N–H and O–H groups in total. The highest BCUT2D eigenvalue weighted by atomic mass is 16.3. The molecule has 0 aliphatic heterocycles. The van der Waals surface area contributed by atoms with Crippen LogP contribution in [0.3, 0.4) is 0 Å². The summed E-state index contributed by atoms with van der Waals surface area (Å²) in [5.41, 5.74) is 0. The average Bonchev–Trinajstić information content (AvgIpc) is 1.83. The lowest BCUT2D eigenvalue weighted by Gasteiger charge is -1.99. The van der Waals surface area contributed by atoms with Crippen molar-refractivity contribution < 1.29 is 15.5 Å². The van der Waals surface area contributed by atoms with Gasteiger partial charge in [-0.1, -0.05) is 0 Å². The highest BCUT2D eigenvalue weighted by Gasteiger charge is 2.00. The number of quaternary nitrogens is 1.